The molecule has 1 aromatic rings. The molecular weight excluding hydrogens is 188 g/mol. The molecule has 0 aliphatic rings. The molecule has 0 spiro atoms. The topological polar surface area (TPSA) is 52.8 Å². The van der Waals surface area contributed by atoms with Crippen molar-refractivity contribution in [2.24, 2.45) is 5.92 Å². The summed E-state index contributed by atoms with van der Waals surface area (Å²) in [6, 6.07) is 2.15. The summed E-state index contributed by atoms with van der Waals surface area (Å²) in [6.45, 7) is 5.92. The largest absolute Gasteiger partial charge is 0.354 e. The fourth-order valence-electron chi connectivity index (χ4n) is 1.38. The van der Waals surface area contributed by atoms with Gasteiger partial charge in [0.2, 0.25) is 0 Å². The number of nitrogens with zero attached hydrogens (tertiary/aromatic N) is 4. The Morgan fingerprint density at radius 1 is 1.47 bits per heavy atom. The van der Waals surface area contributed by atoms with Gasteiger partial charge >= 0.3 is 0 Å². The van der Waals surface area contributed by atoms with Gasteiger partial charge in [0.1, 0.15) is 5.82 Å². The van der Waals surface area contributed by atoms with E-state index in [0.29, 0.717) is 18.9 Å². The molecule has 15 heavy (non-hydrogen) atoms. The van der Waals surface area contributed by atoms with Gasteiger partial charge in [-0.15, -0.1) is 0 Å². The van der Waals surface area contributed by atoms with Gasteiger partial charge in [0.15, 0.2) is 0 Å². The average Bonchev–Trinajstić information content (AvgIpc) is 2.25. The molecule has 0 aromatic carbocycles. The maximum atomic E-state index is 8.58. The molecule has 0 bridgehead atoms. The molecule has 1 aromatic heterocycles. The van der Waals surface area contributed by atoms with Gasteiger partial charge in [-0.05, 0) is 5.92 Å². The molecule has 4 nitrogen and oxygen atoms in total. The molecule has 0 radical (unpaired) electrons. The molecule has 0 amide bonds. The van der Waals surface area contributed by atoms with E-state index in [1.165, 1.54) is 0 Å². The van der Waals surface area contributed by atoms with Crippen molar-refractivity contribution in [1.29, 1.82) is 5.26 Å². The summed E-state index contributed by atoms with van der Waals surface area (Å²) in [4.78, 5) is 10.4. The van der Waals surface area contributed by atoms with Gasteiger partial charge in [-0.1, -0.05) is 13.8 Å². The Kier molecular flexibility index (Phi) is 4.55. The Hall–Kier alpha value is -1.63. The lowest BCUT2D eigenvalue weighted by atomic mass is 10.2. The molecule has 0 N–H and O–H groups in total. The summed E-state index contributed by atoms with van der Waals surface area (Å²) in [5, 5.41) is 8.58. The van der Waals surface area contributed by atoms with Crippen molar-refractivity contribution in [3.8, 4) is 6.07 Å². The van der Waals surface area contributed by atoms with Crippen LogP contribution in [0.3, 0.4) is 0 Å². The van der Waals surface area contributed by atoms with Crippen molar-refractivity contribution < 1.29 is 0 Å². The van der Waals surface area contributed by atoms with Crippen LogP contribution < -0.4 is 4.90 Å². The molecule has 0 atom stereocenters. The minimum Gasteiger partial charge on any atom is -0.354 e. The number of nitriles is 1. The quantitative estimate of drug-likeness (QED) is 0.734. The van der Waals surface area contributed by atoms with E-state index < -0.39 is 0 Å². The highest BCUT2D eigenvalue weighted by Gasteiger charge is 2.08. The summed E-state index contributed by atoms with van der Waals surface area (Å²) in [5.41, 5.74) is 0. The highest BCUT2D eigenvalue weighted by atomic mass is 15.2. The fourth-order valence-corrected chi connectivity index (χ4v) is 1.38. The van der Waals surface area contributed by atoms with Crippen molar-refractivity contribution in [1.82, 2.24) is 9.97 Å². The van der Waals surface area contributed by atoms with Gasteiger partial charge in [0.25, 0.3) is 0 Å². The lowest BCUT2D eigenvalue weighted by molar-refractivity contribution is 0.607. The molecule has 4 heteroatoms. The monoisotopic (exact) mass is 204 g/mol. The van der Waals surface area contributed by atoms with E-state index in [1.54, 1.807) is 18.6 Å². The second-order valence-electron chi connectivity index (χ2n) is 3.81. The predicted molar refractivity (Wildman–Crippen MR) is 59.3 cm³/mol. The maximum absolute atomic E-state index is 8.58. The first-order chi connectivity index (χ1) is 7.24. The highest BCUT2D eigenvalue weighted by molar-refractivity contribution is 5.35. The van der Waals surface area contributed by atoms with Crippen molar-refractivity contribution >= 4 is 5.82 Å². The number of rotatable bonds is 5. The Bertz CT molecular complexity index is 315. The highest BCUT2D eigenvalue weighted by Crippen LogP contribution is 2.10. The first kappa shape index (κ1) is 11.4. The van der Waals surface area contributed by atoms with Gasteiger partial charge in [-0.25, -0.2) is 4.98 Å². The van der Waals surface area contributed by atoms with E-state index >= 15 is 0 Å². The number of hydrogen-bond acceptors (Lipinski definition) is 4. The van der Waals surface area contributed by atoms with Crippen molar-refractivity contribution in [3.05, 3.63) is 18.6 Å². The molecule has 1 rings (SSSR count). The third kappa shape index (κ3) is 3.94. The second-order valence-corrected chi connectivity index (χ2v) is 3.81. The van der Waals surface area contributed by atoms with Crippen molar-refractivity contribution in [3.63, 3.8) is 0 Å². The summed E-state index contributed by atoms with van der Waals surface area (Å²) in [7, 11) is 0. The smallest absolute Gasteiger partial charge is 0.147 e. The number of aromatic nitrogens is 2. The standard InChI is InChI=1S/C11H16N4/c1-10(2)9-15(7-3-4-12)11-8-13-5-6-14-11/h5-6,8,10H,3,7,9H2,1-2H3. The van der Waals surface area contributed by atoms with E-state index in [9.17, 15) is 0 Å². The zero-order valence-corrected chi connectivity index (χ0v) is 9.22. The second kappa shape index (κ2) is 5.97. The normalized spacial score (nSPS) is 10.0. The van der Waals surface area contributed by atoms with Crippen LogP contribution in [0.1, 0.15) is 20.3 Å². The van der Waals surface area contributed by atoms with Crippen LogP contribution in [0.15, 0.2) is 18.6 Å². The van der Waals surface area contributed by atoms with Gasteiger partial charge < -0.3 is 4.90 Å². The molecule has 0 aliphatic carbocycles. The third-order valence-corrected chi connectivity index (χ3v) is 1.95. The minimum absolute atomic E-state index is 0.517. The van der Waals surface area contributed by atoms with Gasteiger partial charge in [-0.2, -0.15) is 5.26 Å². The van der Waals surface area contributed by atoms with Crippen molar-refractivity contribution in [2.75, 3.05) is 18.0 Å². The molecule has 0 saturated heterocycles. The van der Waals surface area contributed by atoms with Crippen LogP contribution in [0, 0.1) is 17.2 Å². The first-order valence-electron chi connectivity index (χ1n) is 5.12. The van der Waals surface area contributed by atoms with Crippen LogP contribution in [0.2, 0.25) is 0 Å². The summed E-state index contributed by atoms with van der Waals surface area (Å²) < 4.78 is 0. The van der Waals surface area contributed by atoms with Crippen LogP contribution in [0.25, 0.3) is 0 Å². The summed E-state index contributed by atoms with van der Waals surface area (Å²) in [5.74, 6) is 1.40. The molecule has 0 saturated carbocycles. The molecule has 1 heterocycles. The van der Waals surface area contributed by atoms with Crippen LogP contribution in [-0.2, 0) is 0 Å². The Balaban J connectivity index is 2.68. The van der Waals surface area contributed by atoms with Crippen LogP contribution in [0.4, 0.5) is 5.82 Å². The predicted octanol–water partition coefficient (Wildman–Crippen LogP) is 1.85. The Morgan fingerprint density at radius 3 is 2.80 bits per heavy atom. The molecule has 0 unspecified atom stereocenters. The van der Waals surface area contributed by atoms with E-state index in [0.717, 1.165) is 12.4 Å². The maximum Gasteiger partial charge on any atom is 0.147 e. The first-order valence-corrected chi connectivity index (χ1v) is 5.12. The zero-order chi connectivity index (χ0) is 11.1. The molecule has 0 aliphatic heterocycles. The van der Waals surface area contributed by atoms with E-state index in [4.69, 9.17) is 5.26 Å². The zero-order valence-electron chi connectivity index (χ0n) is 9.22. The lowest BCUT2D eigenvalue weighted by Crippen LogP contribution is -2.29. The van der Waals surface area contributed by atoms with Crippen LogP contribution in [0.5, 0.6) is 0 Å². The van der Waals surface area contributed by atoms with E-state index in [2.05, 4.69) is 34.8 Å². The third-order valence-electron chi connectivity index (χ3n) is 1.95. The summed E-state index contributed by atoms with van der Waals surface area (Å²) in [6.07, 6.45) is 5.58. The van der Waals surface area contributed by atoms with Crippen LogP contribution in [-0.4, -0.2) is 23.1 Å². The lowest BCUT2D eigenvalue weighted by Gasteiger charge is -2.23. The van der Waals surface area contributed by atoms with Crippen LogP contribution >= 0.6 is 0 Å². The number of anilines is 1. The number of hydrogen-bond donors (Lipinski definition) is 0. The fraction of sp³-hybridized carbons (Fsp3) is 0.545. The Labute approximate surface area is 90.6 Å². The van der Waals surface area contributed by atoms with E-state index in [1.807, 2.05) is 0 Å². The van der Waals surface area contributed by atoms with Gasteiger partial charge in [0.05, 0.1) is 18.7 Å². The van der Waals surface area contributed by atoms with E-state index in [-0.39, 0.29) is 0 Å². The van der Waals surface area contributed by atoms with Gasteiger partial charge in [0, 0.05) is 25.5 Å². The average molecular weight is 204 g/mol. The minimum atomic E-state index is 0.517. The summed E-state index contributed by atoms with van der Waals surface area (Å²) >= 11 is 0. The Morgan fingerprint density at radius 2 is 2.27 bits per heavy atom. The molecule has 0 fully saturated rings. The SMILES string of the molecule is CC(C)CN(CCC#N)c1cnccn1. The van der Waals surface area contributed by atoms with Gasteiger partial charge in [-0.3, -0.25) is 4.98 Å². The molecular formula is C11H16N4. The molecule has 80 valence electrons. The van der Waals surface area contributed by atoms with Crippen molar-refractivity contribution in [2.45, 2.75) is 20.3 Å².